The molecule has 1 aliphatic carbocycles. The number of benzene rings is 1. The summed E-state index contributed by atoms with van der Waals surface area (Å²) in [7, 11) is 0. The summed E-state index contributed by atoms with van der Waals surface area (Å²) in [5, 5.41) is 6.55. The third kappa shape index (κ3) is 2.22. The minimum absolute atomic E-state index is 0.836. The second kappa shape index (κ2) is 5.01. The van der Waals surface area contributed by atoms with Crippen LogP contribution in [-0.4, -0.2) is 19.0 Å². The van der Waals surface area contributed by atoms with Gasteiger partial charge in [-0.1, -0.05) is 25.5 Å². The number of hydrogen-bond donors (Lipinski definition) is 2. The van der Waals surface area contributed by atoms with Gasteiger partial charge in [-0.3, -0.25) is 0 Å². The highest BCUT2D eigenvalue weighted by Crippen LogP contribution is 2.33. The van der Waals surface area contributed by atoms with Crippen molar-refractivity contribution in [3.8, 4) is 0 Å². The molecule has 0 saturated carbocycles. The van der Waals surface area contributed by atoms with E-state index in [0.717, 1.165) is 30.7 Å². The molecular weight excluding hydrogens is 222 g/mol. The molecule has 1 saturated heterocycles. The molecule has 2 N–H and O–H groups in total. The molecule has 3 rings (SSSR count). The summed E-state index contributed by atoms with van der Waals surface area (Å²) in [6, 6.07) is 6.55. The van der Waals surface area contributed by atoms with E-state index in [-0.39, 0.29) is 0 Å². The van der Waals surface area contributed by atoms with Crippen LogP contribution in [-0.2, 0) is 12.8 Å². The van der Waals surface area contributed by atoms with Gasteiger partial charge in [-0.15, -0.1) is 0 Å². The molecule has 1 atom stereocenters. The van der Waals surface area contributed by atoms with Gasteiger partial charge in [0.2, 0.25) is 0 Å². The van der Waals surface area contributed by atoms with Crippen LogP contribution in [0.15, 0.2) is 23.2 Å². The average molecular weight is 243 g/mol. The Kier molecular flexibility index (Phi) is 3.22. The fourth-order valence-corrected chi connectivity index (χ4v) is 2.92. The van der Waals surface area contributed by atoms with Crippen molar-refractivity contribution in [1.29, 1.82) is 0 Å². The number of aliphatic imine (C=N–C) groups is 1. The molecule has 1 unspecified atom stereocenters. The van der Waals surface area contributed by atoms with Crippen molar-refractivity contribution in [3.63, 3.8) is 0 Å². The summed E-state index contributed by atoms with van der Waals surface area (Å²) < 4.78 is 0. The van der Waals surface area contributed by atoms with Gasteiger partial charge in [0.1, 0.15) is 0 Å². The van der Waals surface area contributed by atoms with Crippen molar-refractivity contribution in [2.24, 2.45) is 10.9 Å². The summed E-state index contributed by atoms with van der Waals surface area (Å²) in [6.07, 6.45) is 5.02. The number of nitrogens with zero attached hydrogens (tertiary/aromatic N) is 1. The number of aryl methyl sites for hydroxylation is 1. The highest BCUT2D eigenvalue weighted by atomic mass is 15.2. The summed E-state index contributed by atoms with van der Waals surface area (Å²) in [6.45, 7) is 4.25. The second-order valence-electron chi connectivity index (χ2n) is 5.25. The highest BCUT2D eigenvalue weighted by Gasteiger charge is 2.20. The van der Waals surface area contributed by atoms with E-state index in [2.05, 4.69) is 35.8 Å². The van der Waals surface area contributed by atoms with E-state index in [1.807, 2.05) is 0 Å². The van der Waals surface area contributed by atoms with Crippen LogP contribution in [0.2, 0.25) is 0 Å². The van der Waals surface area contributed by atoms with E-state index in [9.17, 15) is 0 Å². The van der Waals surface area contributed by atoms with Crippen LogP contribution < -0.4 is 10.6 Å². The van der Waals surface area contributed by atoms with E-state index < -0.39 is 0 Å². The fourth-order valence-electron chi connectivity index (χ4n) is 2.92. The number of fused-ring (bicyclic) bond motifs is 1. The van der Waals surface area contributed by atoms with Crippen LogP contribution in [0.4, 0.5) is 5.69 Å². The monoisotopic (exact) mass is 243 g/mol. The van der Waals surface area contributed by atoms with E-state index in [0.29, 0.717) is 0 Å². The molecule has 1 fully saturated rings. The molecule has 0 radical (unpaired) electrons. The average Bonchev–Trinajstić information content (AvgIpc) is 2.91. The largest absolute Gasteiger partial charge is 0.354 e. The van der Waals surface area contributed by atoms with Crippen LogP contribution in [0.3, 0.4) is 0 Å². The zero-order chi connectivity index (χ0) is 12.4. The molecule has 1 aromatic carbocycles. The lowest BCUT2D eigenvalue weighted by Crippen LogP contribution is -2.23. The molecule has 0 aromatic heterocycles. The Labute approximate surface area is 109 Å². The SMILES string of the molecule is CCC1CCc2cccc(N=C3NCCN3)c2C1. The van der Waals surface area contributed by atoms with Crippen LogP contribution in [0.25, 0.3) is 0 Å². The molecule has 0 spiro atoms. The summed E-state index contributed by atoms with van der Waals surface area (Å²) in [5.74, 6) is 1.77. The second-order valence-corrected chi connectivity index (χ2v) is 5.25. The normalized spacial score (nSPS) is 22.1. The number of guanidine groups is 1. The van der Waals surface area contributed by atoms with Crippen molar-refractivity contribution in [1.82, 2.24) is 10.6 Å². The number of rotatable bonds is 2. The molecule has 1 aliphatic heterocycles. The van der Waals surface area contributed by atoms with Crippen molar-refractivity contribution < 1.29 is 0 Å². The van der Waals surface area contributed by atoms with Gasteiger partial charge in [0.05, 0.1) is 5.69 Å². The lowest BCUT2D eigenvalue weighted by Gasteiger charge is -2.24. The Hall–Kier alpha value is -1.51. The molecule has 96 valence electrons. The third-order valence-corrected chi connectivity index (χ3v) is 4.08. The molecule has 2 aliphatic rings. The van der Waals surface area contributed by atoms with Crippen molar-refractivity contribution in [2.45, 2.75) is 32.6 Å². The Morgan fingerprint density at radius 2 is 2.11 bits per heavy atom. The zero-order valence-corrected chi connectivity index (χ0v) is 11.0. The first-order valence-electron chi connectivity index (χ1n) is 7.04. The Balaban J connectivity index is 1.93. The maximum absolute atomic E-state index is 4.73. The predicted molar refractivity (Wildman–Crippen MR) is 75.3 cm³/mol. The first-order chi connectivity index (χ1) is 8.86. The highest BCUT2D eigenvalue weighted by molar-refractivity contribution is 5.84. The van der Waals surface area contributed by atoms with Gasteiger partial charge in [0.25, 0.3) is 0 Å². The lowest BCUT2D eigenvalue weighted by atomic mass is 9.82. The van der Waals surface area contributed by atoms with E-state index in [1.165, 1.54) is 36.8 Å². The Morgan fingerprint density at radius 1 is 1.28 bits per heavy atom. The lowest BCUT2D eigenvalue weighted by molar-refractivity contribution is 0.445. The molecule has 1 aromatic rings. The van der Waals surface area contributed by atoms with Crippen LogP contribution in [0, 0.1) is 5.92 Å². The van der Waals surface area contributed by atoms with Gasteiger partial charge < -0.3 is 10.6 Å². The topological polar surface area (TPSA) is 36.4 Å². The maximum Gasteiger partial charge on any atom is 0.196 e. The summed E-state index contributed by atoms with van der Waals surface area (Å²) in [5.41, 5.74) is 4.13. The predicted octanol–water partition coefficient (Wildman–Crippen LogP) is 2.38. The number of nitrogens with one attached hydrogen (secondary N) is 2. The first kappa shape index (κ1) is 11.6. The van der Waals surface area contributed by atoms with Crippen molar-refractivity contribution >= 4 is 11.6 Å². The fraction of sp³-hybridized carbons (Fsp3) is 0.533. The molecular formula is C15H21N3. The minimum Gasteiger partial charge on any atom is -0.354 e. The van der Waals surface area contributed by atoms with Gasteiger partial charge in [-0.05, 0) is 42.4 Å². The molecule has 1 heterocycles. The molecule has 0 bridgehead atoms. The minimum atomic E-state index is 0.836. The number of hydrogen-bond acceptors (Lipinski definition) is 1. The van der Waals surface area contributed by atoms with Crippen LogP contribution >= 0.6 is 0 Å². The molecule has 18 heavy (non-hydrogen) atoms. The molecule has 3 heteroatoms. The van der Waals surface area contributed by atoms with Gasteiger partial charge >= 0.3 is 0 Å². The maximum atomic E-state index is 4.73. The van der Waals surface area contributed by atoms with Gasteiger partial charge in [0, 0.05) is 13.1 Å². The van der Waals surface area contributed by atoms with Crippen LogP contribution in [0.1, 0.15) is 30.9 Å². The molecule has 3 nitrogen and oxygen atoms in total. The Bertz CT molecular complexity index is 457. The van der Waals surface area contributed by atoms with Crippen LogP contribution in [0.5, 0.6) is 0 Å². The van der Waals surface area contributed by atoms with Gasteiger partial charge in [0.15, 0.2) is 5.96 Å². The summed E-state index contributed by atoms with van der Waals surface area (Å²) in [4.78, 5) is 4.73. The Morgan fingerprint density at radius 3 is 2.89 bits per heavy atom. The standard InChI is InChI=1S/C15H21N3/c1-2-11-6-7-12-4-3-5-14(13(12)10-11)18-15-16-8-9-17-15/h3-5,11H,2,6-10H2,1H3,(H2,16,17,18). The van der Waals surface area contributed by atoms with Gasteiger partial charge in [-0.25, -0.2) is 4.99 Å². The van der Waals surface area contributed by atoms with E-state index in [1.54, 1.807) is 0 Å². The van der Waals surface area contributed by atoms with E-state index in [4.69, 9.17) is 4.99 Å². The van der Waals surface area contributed by atoms with Crippen molar-refractivity contribution in [3.05, 3.63) is 29.3 Å². The third-order valence-electron chi connectivity index (χ3n) is 4.08. The smallest absolute Gasteiger partial charge is 0.196 e. The van der Waals surface area contributed by atoms with Crippen molar-refractivity contribution in [2.75, 3.05) is 13.1 Å². The quantitative estimate of drug-likeness (QED) is 0.836. The molecule has 0 amide bonds. The van der Waals surface area contributed by atoms with E-state index >= 15 is 0 Å². The zero-order valence-electron chi connectivity index (χ0n) is 11.0. The first-order valence-corrected chi connectivity index (χ1v) is 7.04. The summed E-state index contributed by atoms with van der Waals surface area (Å²) >= 11 is 0. The van der Waals surface area contributed by atoms with Gasteiger partial charge in [-0.2, -0.15) is 0 Å².